The summed E-state index contributed by atoms with van der Waals surface area (Å²) in [6.07, 6.45) is -14.0. The molecule has 1 amide bonds. The van der Waals surface area contributed by atoms with Gasteiger partial charge in [-0.15, -0.1) is 11.8 Å². The molecule has 358 valence electrons. The average Bonchev–Trinajstić information content (AvgIpc) is 3.22. The summed E-state index contributed by atoms with van der Waals surface area (Å²) in [5, 5.41) is 87.0. The zero-order chi connectivity index (χ0) is 45.1. The number of nitrogens with zero attached hydrogens (tertiary/aromatic N) is 1. The van der Waals surface area contributed by atoms with Crippen LogP contribution in [0.2, 0.25) is 0 Å². The molecule has 3 heterocycles. The number of carbonyl (C=O) groups is 1. The third kappa shape index (κ3) is 17.6. The van der Waals surface area contributed by atoms with Gasteiger partial charge >= 0.3 is 0 Å². The minimum atomic E-state index is -2.57. The average molecular weight is 938 g/mol. The van der Waals surface area contributed by atoms with E-state index in [0.29, 0.717) is 49.7 Å². The van der Waals surface area contributed by atoms with E-state index in [2.05, 4.69) is 10.3 Å². The first kappa shape index (κ1) is 54.7. The summed E-state index contributed by atoms with van der Waals surface area (Å²) in [6, 6.07) is 0. The van der Waals surface area contributed by atoms with Gasteiger partial charge in [0.1, 0.15) is 78.4 Å². The van der Waals surface area contributed by atoms with Crippen LogP contribution in [-0.4, -0.2) is 225 Å². The largest absolute Gasteiger partial charge is 0.387 e. The molecule has 11 unspecified atom stereocenters. The van der Waals surface area contributed by atoms with Gasteiger partial charge < -0.3 is 89.8 Å². The Hall–Kier alpha value is -0.650. The van der Waals surface area contributed by atoms with Crippen LogP contribution >= 0.6 is 35.3 Å². The molecular formula is C38H71N3O17S3. The number of hydrogen-bond acceptors (Lipinski definition) is 21. The molecule has 0 radical (unpaired) electrons. The van der Waals surface area contributed by atoms with Crippen LogP contribution in [-0.2, 0) is 42.7 Å². The maximum Gasteiger partial charge on any atom is 0.220 e. The highest BCUT2D eigenvalue weighted by Crippen LogP contribution is 2.33. The standard InChI is InChI=1S/C38H71N3O17S3/c1-6-9-26(42)41-11-17-60-15-7-12-52-32-29(45)28(44)24(57-35(32)51-5)19-55-36-33(30(46)27(43)23(58-36)18-54-21(2)3)53-13-8-14-59-16-10-40-25(39)20-61-37-31(47)34(48)38(49,50)22(4)56-37/h21-24,27-37,43-50H,6-20H2,1-5H3,(H2,39,40)(H,41,42)/t22?,23?,24?,27-,28-,29?,30?,31?,32?,33?,34?,35?,36?,37+/m1/s1. The van der Waals surface area contributed by atoms with Crippen molar-refractivity contribution in [1.82, 2.24) is 5.32 Å². The van der Waals surface area contributed by atoms with Crippen molar-refractivity contribution in [3.05, 3.63) is 0 Å². The summed E-state index contributed by atoms with van der Waals surface area (Å²) in [4.78, 5) is 15.9. The Labute approximate surface area is 371 Å². The van der Waals surface area contributed by atoms with Crippen LogP contribution in [0.5, 0.6) is 0 Å². The normalized spacial score (nSPS) is 34.5. The lowest BCUT2D eigenvalue weighted by molar-refractivity contribution is -0.337. The van der Waals surface area contributed by atoms with E-state index in [4.69, 9.17) is 43.6 Å². The Morgan fingerprint density at radius 1 is 0.820 bits per heavy atom. The van der Waals surface area contributed by atoms with Gasteiger partial charge in [-0.1, -0.05) is 6.92 Å². The van der Waals surface area contributed by atoms with Gasteiger partial charge in [0.05, 0.1) is 25.1 Å². The van der Waals surface area contributed by atoms with E-state index in [1.54, 1.807) is 23.5 Å². The number of aliphatic hydroxyl groups excluding tert-OH is 6. The predicted octanol–water partition coefficient (Wildman–Crippen LogP) is -1.86. The number of nitrogens with two attached hydrogens (primary N) is 1. The van der Waals surface area contributed by atoms with Crippen LogP contribution in [0.15, 0.2) is 4.99 Å². The molecule has 14 atom stereocenters. The highest BCUT2D eigenvalue weighted by Gasteiger charge is 2.52. The van der Waals surface area contributed by atoms with E-state index in [1.807, 2.05) is 20.8 Å². The van der Waals surface area contributed by atoms with Crippen molar-refractivity contribution in [2.24, 2.45) is 10.7 Å². The van der Waals surface area contributed by atoms with E-state index in [0.717, 1.165) is 29.7 Å². The van der Waals surface area contributed by atoms with Crippen molar-refractivity contribution in [2.75, 3.05) is 75.4 Å². The molecular weight excluding hydrogens is 867 g/mol. The molecule has 0 aromatic rings. The summed E-state index contributed by atoms with van der Waals surface area (Å²) < 4.78 is 46.5. The van der Waals surface area contributed by atoms with E-state index in [9.17, 15) is 45.6 Å². The molecule has 20 nitrogen and oxygen atoms in total. The molecule has 0 aliphatic carbocycles. The molecule has 3 saturated heterocycles. The number of methoxy groups -OCH3 is 1. The fourth-order valence-electron chi connectivity index (χ4n) is 6.41. The zero-order valence-electron chi connectivity index (χ0n) is 35.8. The number of hydrogen-bond donors (Lipinski definition) is 10. The summed E-state index contributed by atoms with van der Waals surface area (Å²) in [7, 11) is 1.40. The first-order valence-corrected chi connectivity index (χ1v) is 24.2. The lowest BCUT2D eigenvalue weighted by Gasteiger charge is -2.44. The third-order valence-electron chi connectivity index (χ3n) is 9.99. The fraction of sp³-hybridized carbons (Fsp3) is 0.947. The Bertz CT molecular complexity index is 1270. The summed E-state index contributed by atoms with van der Waals surface area (Å²) in [5.74, 6) is 0.768. The molecule has 0 bridgehead atoms. The minimum Gasteiger partial charge on any atom is -0.387 e. The molecule has 0 aromatic carbocycles. The summed E-state index contributed by atoms with van der Waals surface area (Å²) in [6.45, 7) is 8.11. The maximum atomic E-state index is 11.6. The lowest BCUT2D eigenvalue weighted by atomic mass is 9.97. The van der Waals surface area contributed by atoms with Gasteiger partial charge in [0.15, 0.2) is 12.6 Å². The maximum absolute atomic E-state index is 11.6. The van der Waals surface area contributed by atoms with Crippen molar-refractivity contribution >= 4 is 47.0 Å². The number of carbonyl (C=O) groups excluding carboxylic acids is 1. The van der Waals surface area contributed by atoms with Crippen molar-refractivity contribution < 1.29 is 83.5 Å². The molecule has 0 aromatic heterocycles. The van der Waals surface area contributed by atoms with Gasteiger partial charge in [-0.2, -0.15) is 23.5 Å². The van der Waals surface area contributed by atoms with Crippen LogP contribution in [0.3, 0.4) is 0 Å². The minimum absolute atomic E-state index is 0.0302. The van der Waals surface area contributed by atoms with Crippen LogP contribution in [0, 0.1) is 0 Å². The first-order valence-electron chi connectivity index (χ1n) is 20.8. The smallest absolute Gasteiger partial charge is 0.220 e. The fourth-order valence-corrected chi connectivity index (χ4v) is 8.95. The SMILES string of the molecule is CCCC(=O)NCCSCCCOC1C(OC)OC(COC2OC(COC(C)C)[C@@H](O)C(O)C2OCCCSCCN=C(N)CS[C@@H]2OC(C)C(O)(O)C(O)C2O)[C@@H](O)C1O. The van der Waals surface area contributed by atoms with Gasteiger partial charge in [0.2, 0.25) is 11.7 Å². The predicted molar refractivity (Wildman–Crippen MR) is 229 cm³/mol. The molecule has 0 spiro atoms. The highest BCUT2D eigenvalue weighted by molar-refractivity contribution is 8.00. The molecule has 11 N–H and O–H groups in total. The number of aliphatic hydroxyl groups is 8. The Morgan fingerprint density at radius 3 is 2.02 bits per heavy atom. The first-order chi connectivity index (χ1) is 29.0. The van der Waals surface area contributed by atoms with E-state index in [1.165, 1.54) is 14.0 Å². The second-order valence-electron chi connectivity index (χ2n) is 15.3. The number of thioether (sulfide) groups is 3. The molecule has 0 saturated carbocycles. The zero-order valence-corrected chi connectivity index (χ0v) is 38.2. The molecule has 3 rings (SSSR count). The molecule has 23 heteroatoms. The Kier molecular flexibility index (Phi) is 25.5. The number of aliphatic imine (C=N–C) groups is 1. The molecule has 61 heavy (non-hydrogen) atoms. The van der Waals surface area contributed by atoms with Gasteiger partial charge in [0, 0.05) is 51.3 Å². The number of amides is 1. The van der Waals surface area contributed by atoms with Gasteiger partial charge in [-0.05, 0) is 51.5 Å². The number of amidine groups is 1. The number of nitrogens with one attached hydrogen (secondary N) is 1. The van der Waals surface area contributed by atoms with Gasteiger partial charge in [-0.25, -0.2) is 0 Å². The number of ether oxygens (including phenoxy) is 8. The van der Waals surface area contributed by atoms with Crippen molar-refractivity contribution in [3.63, 3.8) is 0 Å². The monoisotopic (exact) mass is 937 g/mol. The second-order valence-corrected chi connectivity index (χ2v) is 18.8. The topological polar surface area (TPSA) is 303 Å². The van der Waals surface area contributed by atoms with Crippen LogP contribution in [0.1, 0.15) is 53.4 Å². The number of rotatable bonds is 28. The van der Waals surface area contributed by atoms with E-state index < -0.39 is 90.9 Å². The van der Waals surface area contributed by atoms with Crippen LogP contribution in [0.25, 0.3) is 0 Å². The second kappa shape index (κ2) is 28.4. The van der Waals surface area contributed by atoms with Crippen molar-refractivity contribution in [1.29, 1.82) is 0 Å². The summed E-state index contributed by atoms with van der Waals surface area (Å²) in [5.41, 5.74) is 5.09. The van der Waals surface area contributed by atoms with E-state index >= 15 is 0 Å². The molecule has 3 aliphatic rings. The Balaban J connectivity index is 1.44. The quantitative estimate of drug-likeness (QED) is 0.0178. The van der Waals surface area contributed by atoms with Gasteiger partial charge in [0.25, 0.3) is 0 Å². The van der Waals surface area contributed by atoms with Crippen molar-refractivity contribution in [3.8, 4) is 0 Å². The van der Waals surface area contributed by atoms with E-state index in [-0.39, 0.29) is 44.2 Å². The van der Waals surface area contributed by atoms with Crippen LogP contribution < -0.4 is 11.1 Å². The van der Waals surface area contributed by atoms with Crippen molar-refractivity contribution in [2.45, 2.75) is 150 Å². The van der Waals surface area contributed by atoms with Crippen LogP contribution in [0.4, 0.5) is 0 Å². The molecule has 3 fully saturated rings. The molecule has 3 aliphatic heterocycles. The Morgan fingerprint density at radius 2 is 1.41 bits per heavy atom. The highest BCUT2D eigenvalue weighted by atomic mass is 32.2. The lowest BCUT2D eigenvalue weighted by Crippen LogP contribution is -2.64. The summed E-state index contributed by atoms with van der Waals surface area (Å²) >= 11 is 4.34. The third-order valence-corrected chi connectivity index (χ3v) is 13.3. The van der Waals surface area contributed by atoms with Gasteiger partial charge in [-0.3, -0.25) is 9.79 Å².